The lowest BCUT2D eigenvalue weighted by atomic mass is 10.1. The first-order chi connectivity index (χ1) is 10.6. The summed E-state index contributed by atoms with van der Waals surface area (Å²) in [6.07, 6.45) is 6.83. The highest BCUT2D eigenvalue weighted by Crippen LogP contribution is 2.20. The number of nitrogens with zero attached hydrogens (tertiary/aromatic N) is 3. The summed E-state index contributed by atoms with van der Waals surface area (Å²) in [5.74, 6) is 0. The van der Waals surface area contributed by atoms with E-state index in [0.29, 0.717) is 19.8 Å². The van der Waals surface area contributed by atoms with Crippen molar-refractivity contribution in [2.45, 2.75) is 43.7 Å². The number of piperidine rings is 1. The molecule has 0 N–H and O–H groups in total. The van der Waals surface area contributed by atoms with E-state index in [-0.39, 0.29) is 10.5 Å². The Hall–Kier alpha value is -1.18. The molecule has 3 rings (SSSR count). The fourth-order valence-corrected chi connectivity index (χ4v) is 4.70. The van der Waals surface area contributed by atoms with Crippen LogP contribution in [0, 0.1) is 0 Å². The van der Waals surface area contributed by atoms with Crippen LogP contribution >= 0.6 is 0 Å². The molecule has 6 nitrogen and oxygen atoms in total. The minimum atomic E-state index is -3.46. The van der Waals surface area contributed by atoms with Crippen LogP contribution in [0.1, 0.15) is 32.1 Å². The van der Waals surface area contributed by atoms with Crippen molar-refractivity contribution >= 4 is 10.0 Å². The molecule has 0 atom stereocenters. The highest BCUT2D eigenvalue weighted by atomic mass is 32.2. The number of hydrogen-bond donors (Lipinski definition) is 0. The van der Waals surface area contributed by atoms with E-state index in [0.717, 1.165) is 38.8 Å². The van der Waals surface area contributed by atoms with Crippen LogP contribution in [0.25, 0.3) is 0 Å². The van der Waals surface area contributed by atoms with Gasteiger partial charge in [-0.05, 0) is 44.8 Å². The molecule has 3 heterocycles. The van der Waals surface area contributed by atoms with Crippen LogP contribution in [0.4, 0.5) is 0 Å². The lowest BCUT2D eigenvalue weighted by Gasteiger charge is -2.27. The summed E-state index contributed by atoms with van der Waals surface area (Å²) in [4.78, 5) is 14.5. The summed E-state index contributed by atoms with van der Waals surface area (Å²) >= 11 is 0. The zero-order chi connectivity index (χ0) is 15.6. The Morgan fingerprint density at radius 3 is 2.23 bits per heavy atom. The Labute approximate surface area is 131 Å². The van der Waals surface area contributed by atoms with Crippen LogP contribution < -0.4 is 5.56 Å². The summed E-state index contributed by atoms with van der Waals surface area (Å²) < 4.78 is 28.2. The van der Waals surface area contributed by atoms with Crippen molar-refractivity contribution in [1.82, 2.24) is 13.8 Å². The first kappa shape index (κ1) is 15.7. The molecule has 2 fully saturated rings. The second-order valence-corrected chi connectivity index (χ2v) is 8.04. The van der Waals surface area contributed by atoms with Crippen molar-refractivity contribution in [3.8, 4) is 0 Å². The highest BCUT2D eigenvalue weighted by molar-refractivity contribution is 7.89. The van der Waals surface area contributed by atoms with Crippen LogP contribution in [0.15, 0.2) is 28.0 Å². The number of hydrogen-bond acceptors (Lipinski definition) is 4. The van der Waals surface area contributed by atoms with Crippen LogP contribution in [0.5, 0.6) is 0 Å². The van der Waals surface area contributed by atoms with Crippen molar-refractivity contribution in [3.05, 3.63) is 28.7 Å². The van der Waals surface area contributed by atoms with E-state index in [1.807, 2.05) is 0 Å². The lowest BCUT2D eigenvalue weighted by Crippen LogP contribution is -2.36. The SMILES string of the molecule is O=c1ccc(S(=O)(=O)N2CCCC2)cn1CN1CCCCC1. The van der Waals surface area contributed by atoms with Crippen molar-refractivity contribution < 1.29 is 8.42 Å². The first-order valence-electron chi connectivity index (χ1n) is 8.00. The van der Waals surface area contributed by atoms with Crippen LogP contribution in [-0.4, -0.2) is 48.4 Å². The highest BCUT2D eigenvalue weighted by Gasteiger charge is 2.27. The average molecular weight is 325 g/mol. The molecular weight excluding hydrogens is 302 g/mol. The zero-order valence-electron chi connectivity index (χ0n) is 12.8. The molecule has 2 aliphatic heterocycles. The van der Waals surface area contributed by atoms with Gasteiger partial charge >= 0.3 is 0 Å². The molecule has 0 aromatic carbocycles. The number of rotatable bonds is 4. The van der Waals surface area contributed by atoms with Gasteiger partial charge in [0, 0.05) is 25.4 Å². The molecule has 0 radical (unpaired) electrons. The number of aromatic nitrogens is 1. The molecule has 0 bridgehead atoms. The fraction of sp³-hybridized carbons (Fsp3) is 0.667. The van der Waals surface area contributed by atoms with Gasteiger partial charge < -0.3 is 4.57 Å². The number of pyridine rings is 1. The zero-order valence-corrected chi connectivity index (χ0v) is 13.6. The van der Waals surface area contributed by atoms with E-state index in [2.05, 4.69) is 4.90 Å². The van der Waals surface area contributed by atoms with Gasteiger partial charge in [-0.2, -0.15) is 4.31 Å². The van der Waals surface area contributed by atoms with Gasteiger partial charge in [-0.3, -0.25) is 9.69 Å². The first-order valence-corrected chi connectivity index (χ1v) is 9.44. The number of sulfonamides is 1. The maximum absolute atomic E-state index is 12.6. The molecule has 1 aromatic rings. The van der Waals surface area contributed by atoms with Gasteiger partial charge in [0.15, 0.2) is 0 Å². The molecule has 2 aliphatic rings. The standard InChI is InChI=1S/C15H23N3O3S/c19-15-7-6-14(22(20,21)18-10-4-5-11-18)12-17(15)13-16-8-2-1-3-9-16/h6-7,12H,1-5,8-11,13H2. The van der Waals surface area contributed by atoms with Crippen molar-refractivity contribution in [2.24, 2.45) is 0 Å². The maximum atomic E-state index is 12.6. The van der Waals surface area contributed by atoms with Crippen molar-refractivity contribution in [3.63, 3.8) is 0 Å². The summed E-state index contributed by atoms with van der Waals surface area (Å²) in [5, 5.41) is 0. The third kappa shape index (κ3) is 3.26. The lowest BCUT2D eigenvalue weighted by molar-refractivity contribution is 0.179. The van der Waals surface area contributed by atoms with Gasteiger partial charge in [0.25, 0.3) is 5.56 Å². The minimum Gasteiger partial charge on any atom is -0.301 e. The van der Waals surface area contributed by atoms with Crippen molar-refractivity contribution in [1.29, 1.82) is 0 Å². The molecule has 2 saturated heterocycles. The third-order valence-electron chi connectivity index (χ3n) is 4.46. The molecule has 0 spiro atoms. The molecule has 122 valence electrons. The summed E-state index contributed by atoms with van der Waals surface area (Å²) in [5.41, 5.74) is -0.147. The van der Waals surface area contributed by atoms with E-state index in [1.54, 1.807) is 0 Å². The topological polar surface area (TPSA) is 62.6 Å². The van der Waals surface area contributed by atoms with Gasteiger partial charge in [-0.25, -0.2) is 8.42 Å². The van der Waals surface area contributed by atoms with Gasteiger partial charge in [0.2, 0.25) is 10.0 Å². The van der Waals surface area contributed by atoms with E-state index in [4.69, 9.17) is 0 Å². The molecule has 0 aliphatic carbocycles. The van der Waals surface area contributed by atoms with Crippen LogP contribution in [0.3, 0.4) is 0 Å². The Morgan fingerprint density at radius 1 is 0.909 bits per heavy atom. The van der Waals surface area contributed by atoms with E-state index >= 15 is 0 Å². The summed E-state index contributed by atoms with van der Waals surface area (Å²) in [6.45, 7) is 3.56. The van der Waals surface area contributed by atoms with E-state index in [1.165, 1.54) is 33.6 Å². The molecular formula is C15H23N3O3S. The second kappa shape index (κ2) is 6.52. The number of likely N-dealkylation sites (tertiary alicyclic amines) is 1. The molecule has 22 heavy (non-hydrogen) atoms. The Bertz CT molecular complexity index is 672. The molecule has 0 saturated carbocycles. The van der Waals surface area contributed by atoms with E-state index in [9.17, 15) is 13.2 Å². The maximum Gasteiger partial charge on any atom is 0.251 e. The van der Waals surface area contributed by atoms with Gasteiger partial charge in [-0.15, -0.1) is 0 Å². The predicted molar refractivity (Wildman–Crippen MR) is 84.1 cm³/mol. The average Bonchev–Trinajstić information content (AvgIpc) is 3.05. The largest absolute Gasteiger partial charge is 0.301 e. The second-order valence-electron chi connectivity index (χ2n) is 6.10. The van der Waals surface area contributed by atoms with Crippen LogP contribution in [-0.2, 0) is 16.7 Å². The normalized spacial score (nSPS) is 21.3. The van der Waals surface area contributed by atoms with Crippen molar-refractivity contribution in [2.75, 3.05) is 26.2 Å². The molecule has 0 amide bonds. The Balaban J connectivity index is 1.84. The Kier molecular flexibility index (Phi) is 4.65. The summed E-state index contributed by atoms with van der Waals surface area (Å²) in [7, 11) is -3.46. The van der Waals surface area contributed by atoms with Gasteiger partial charge in [0.05, 0.1) is 11.6 Å². The van der Waals surface area contributed by atoms with E-state index < -0.39 is 10.0 Å². The minimum absolute atomic E-state index is 0.147. The third-order valence-corrected chi connectivity index (χ3v) is 6.34. The Morgan fingerprint density at radius 2 is 1.55 bits per heavy atom. The van der Waals surface area contributed by atoms with Gasteiger partial charge in [-0.1, -0.05) is 6.42 Å². The molecule has 0 unspecified atom stereocenters. The molecule has 7 heteroatoms. The smallest absolute Gasteiger partial charge is 0.251 e. The summed E-state index contributed by atoms with van der Waals surface area (Å²) in [6, 6.07) is 2.80. The molecule has 1 aromatic heterocycles. The van der Waals surface area contributed by atoms with Gasteiger partial charge in [0.1, 0.15) is 0 Å². The predicted octanol–water partition coefficient (Wildman–Crippen LogP) is 1.08. The fourth-order valence-electron chi connectivity index (χ4n) is 3.17. The van der Waals surface area contributed by atoms with Crippen LogP contribution in [0.2, 0.25) is 0 Å². The quantitative estimate of drug-likeness (QED) is 0.831. The monoisotopic (exact) mass is 325 g/mol.